The molecule has 0 heterocycles. The molecule has 0 aromatic heterocycles. The van der Waals surface area contributed by atoms with Gasteiger partial charge in [-0.15, -0.1) is 0 Å². The molecule has 0 saturated heterocycles. The molecule has 1 aromatic rings. The van der Waals surface area contributed by atoms with Gasteiger partial charge in [-0.05, 0) is 55.3 Å². The summed E-state index contributed by atoms with van der Waals surface area (Å²) in [5.41, 5.74) is 1.39. The summed E-state index contributed by atoms with van der Waals surface area (Å²) in [5, 5.41) is 3.58. The van der Waals surface area contributed by atoms with Gasteiger partial charge >= 0.3 is 0 Å². The van der Waals surface area contributed by atoms with Crippen LogP contribution in [0.2, 0.25) is 0 Å². The van der Waals surface area contributed by atoms with E-state index in [1.165, 1.54) is 25.3 Å². The second kappa shape index (κ2) is 9.12. The Balaban J connectivity index is 2.78. The Kier molecular flexibility index (Phi) is 7.83. The fourth-order valence-corrected chi connectivity index (χ4v) is 2.83. The highest BCUT2D eigenvalue weighted by Crippen LogP contribution is 2.32. The SMILES string of the molecule is CCCCC(CC)(CNCCC)Cc1cccc(F)c1. The Morgan fingerprint density at radius 3 is 2.55 bits per heavy atom. The minimum atomic E-state index is -0.121. The number of halogens is 1. The van der Waals surface area contributed by atoms with E-state index >= 15 is 0 Å². The fourth-order valence-electron chi connectivity index (χ4n) is 2.83. The summed E-state index contributed by atoms with van der Waals surface area (Å²) in [6.07, 6.45) is 6.95. The molecular weight excluding hydrogens is 249 g/mol. The normalized spacial score (nSPS) is 14.2. The Morgan fingerprint density at radius 2 is 1.95 bits per heavy atom. The van der Waals surface area contributed by atoms with Crippen LogP contribution < -0.4 is 5.32 Å². The van der Waals surface area contributed by atoms with Crippen LogP contribution in [0.4, 0.5) is 4.39 Å². The van der Waals surface area contributed by atoms with E-state index in [9.17, 15) is 4.39 Å². The Hall–Kier alpha value is -0.890. The largest absolute Gasteiger partial charge is 0.316 e. The van der Waals surface area contributed by atoms with Crippen molar-refractivity contribution < 1.29 is 4.39 Å². The van der Waals surface area contributed by atoms with Gasteiger partial charge in [0.1, 0.15) is 5.82 Å². The Labute approximate surface area is 124 Å². The van der Waals surface area contributed by atoms with Gasteiger partial charge in [0.15, 0.2) is 0 Å². The molecule has 0 aliphatic heterocycles. The number of unbranched alkanes of at least 4 members (excludes halogenated alkanes) is 1. The van der Waals surface area contributed by atoms with Crippen LogP contribution in [0.3, 0.4) is 0 Å². The fraction of sp³-hybridized carbons (Fsp3) is 0.667. The van der Waals surface area contributed by atoms with E-state index in [1.807, 2.05) is 6.07 Å². The maximum Gasteiger partial charge on any atom is 0.123 e. The third-order valence-corrected chi connectivity index (χ3v) is 4.21. The number of rotatable bonds is 10. The molecule has 0 amide bonds. The van der Waals surface area contributed by atoms with E-state index in [1.54, 1.807) is 6.07 Å². The van der Waals surface area contributed by atoms with Gasteiger partial charge in [-0.2, -0.15) is 0 Å². The molecule has 0 spiro atoms. The molecule has 1 unspecified atom stereocenters. The van der Waals surface area contributed by atoms with Crippen molar-refractivity contribution >= 4 is 0 Å². The summed E-state index contributed by atoms with van der Waals surface area (Å²) in [4.78, 5) is 0. The predicted molar refractivity (Wildman–Crippen MR) is 85.5 cm³/mol. The molecule has 1 nitrogen and oxygen atoms in total. The summed E-state index contributed by atoms with van der Waals surface area (Å²) in [6.45, 7) is 8.80. The van der Waals surface area contributed by atoms with Crippen molar-refractivity contribution in [2.75, 3.05) is 13.1 Å². The second-order valence-electron chi connectivity index (χ2n) is 5.94. The molecule has 0 radical (unpaired) electrons. The van der Waals surface area contributed by atoms with Crippen molar-refractivity contribution in [3.63, 3.8) is 0 Å². The smallest absolute Gasteiger partial charge is 0.123 e. The summed E-state index contributed by atoms with van der Waals surface area (Å²) < 4.78 is 13.4. The van der Waals surface area contributed by atoms with Crippen LogP contribution in [0.25, 0.3) is 0 Å². The van der Waals surface area contributed by atoms with Crippen LogP contribution >= 0.6 is 0 Å². The third kappa shape index (κ3) is 5.62. The topological polar surface area (TPSA) is 12.0 Å². The molecule has 20 heavy (non-hydrogen) atoms. The van der Waals surface area contributed by atoms with Gasteiger partial charge in [-0.25, -0.2) is 4.39 Å². The van der Waals surface area contributed by atoms with E-state index < -0.39 is 0 Å². The molecule has 0 bridgehead atoms. The van der Waals surface area contributed by atoms with Crippen LogP contribution in [-0.2, 0) is 6.42 Å². The summed E-state index contributed by atoms with van der Waals surface area (Å²) in [6, 6.07) is 7.10. The van der Waals surface area contributed by atoms with Crippen LogP contribution in [0, 0.1) is 11.2 Å². The number of hydrogen-bond donors (Lipinski definition) is 1. The Morgan fingerprint density at radius 1 is 1.15 bits per heavy atom. The van der Waals surface area contributed by atoms with Crippen LogP contribution in [0.5, 0.6) is 0 Å². The molecule has 0 saturated carbocycles. The van der Waals surface area contributed by atoms with Gasteiger partial charge in [-0.1, -0.05) is 45.7 Å². The molecule has 0 fully saturated rings. The molecular formula is C18H30FN. The monoisotopic (exact) mass is 279 g/mol. The highest BCUT2D eigenvalue weighted by molar-refractivity contribution is 5.18. The number of hydrogen-bond acceptors (Lipinski definition) is 1. The van der Waals surface area contributed by atoms with Crippen molar-refractivity contribution in [1.29, 1.82) is 0 Å². The first-order valence-corrected chi connectivity index (χ1v) is 8.11. The maximum atomic E-state index is 13.4. The highest BCUT2D eigenvalue weighted by atomic mass is 19.1. The quantitative estimate of drug-likeness (QED) is 0.597. The molecule has 114 valence electrons. The second-order valence-corrected chi connectivity index (χ2v) is 5.94. The summed E-state index contributed by atoms with van der Waals surface area (Å²) >= 11 is 0. The average Bonchev–Trinajstić information content (AvgIpc) is 2.45. The van der Waals surface area contributed by atoms with Gasteiger partial charge in [0.25, 0.3) is 0 Å². The molecule has 1 atom stereocenters. The average molecular weight is 279 g/mol. The number of benzene rings is 1. The van der Waals surface area contributed by atoms with E-state index in [0.29, 0.717) is 0 Å². The van der Waals surface area contributed by atoms with Crippen molar-refractivity contribution in [2.24, 2.45) is 5.41 Å². The first kappa shape index (κ1) is 17.2. The molecule has 1 aromatic carbocycles. The lowest BCUT2D eigenvalue weighted by Crippen LogP contribution is -2.36. The van der Waals surface area contributed by atoms with Crippen molar-refractivity contribution in [3.05, 3.63) is 35.6 Å². The predicted octanol–water partition coefficient (Wildman–Crippen LogP) is 4.95. The van der Waals surface area contributed by atoms with Crippen molar-refractivity contribution in [1.82, 2.24) is 5.32 Å². The zero-order valence-electron chi connectivity index (χ0n) is 13.3. The minimum absolute atomic E-state index is 0.121. The zero-order chi connectivity index (χ0) is 14.8. The Bertz CT molecular complexity index is 377. The van der Waals surface area contributed by atoms with Crippen molar-refractivity contribution in [3.8, 4) is 0 Å². The lowest BCUT2D eigenvalue weighted by atomic mass is 9.75. The molecule has 1 rings (SSSR count). The van der Waals surface area contributed by atoms with Gasteiger partial charge in [0.05, 0.1) is 0 Å². The summed E-state index contributed by atoms with van der Waals surface area (Å²) in [5.74, 6) is -0.121. The molecule has 1 N–H and O–H groups in total. The molecule has 0 aliphatic rings. The first-order valence-electron chi connectivity index (χ1n) is 8.11. The van der Waals surface area contributed by atoms with Gasteiger partial charge < -0.3 is 5.32 Å². The maximum absolute atomic E-state index is 13.4. The lowest BCUT2D eigenvalue weighted by Gasteiger charge is -2.34. The van der Waals surface area contributed by atoms with E-state index in [0.717, 1.165) is 37.9 Å². The van der Waals surface area contributed by atoms with Gasteiger partial charge in [0, 0.05) is 6.54 Å². The highest BCUT2D eigenvalue weighted by Gasteiger charge is 2.27. The van der Waals surface area contributed by atoms with Crippen LogP contribution in [0.15, 0.2) is 24.3 Å². The van der Waals surface area contributed by atoms with Gasteiger partial charge in [0.2, 0.25) is 0 Å². The van der Waals surface area contributed by atoms with Crippen LogP contribution in [-0.4, -0.2) is 13.1 Å². The number of nitrogens with one attached hydrogen (secondary N) is 1. The standard InChI is InChI=1S/C18H30FN/c1-4-7-11-18(6-3,15-20-12-5-2)14-16-9-8-10-17(19)13-16/h8-10,13,20H,4-7,11-12,14-15H2,1-3H3. The minimum Gasteiger partial charge on any atom is -0.316 e. The first-order chi connectivity index (χ1) is 9.65. The van der Waals surface area contributed by atoms with Crippen molar-refractivity contribution in [2.45, 2.75) is 59.3 Å². The third-order valence-electron chi connectivity index (χ3n) is 4.21. The van der Waals surface area contributed by atoms with E-state index in [2.05, 4.69) is 32.2 Å². The molecule has 2 heteroatoms. The molecule has 0 aliphatic carbocycles. The zero-order valence-corrected chi connectivity index (χ0v) is 13.3. The van der Waals surface area contributed by atoms with E-state index in [-0.39, 0.29) is 11.2 Å². The van der Waals surface area contributed by atoms with Crippen LogP contribution in [0.1, 0.15) is 58.4 Å². The lowest BCUT2D eigenvalue weighted by molar-refractivity contribution is 0.229. The van der Waals surface area contributed by atoms with Gasteiger partial charge in [-0.3, -0.25) is 0 Å². The summed E-state index contributed by atoms with van der Waals surface area (Å²) in [7, 11) is 0. The van der Waals surface area contributed by atoms with E-state index in [4.69, 9.17) is 0 Å².